The van der Waals surface area contributed by atoms with Crippen LogP contribution in [0.1, 0.15) is 19.8 Å². The molecule has 0 saturated heterocycles. The van der Waals surface area contributed by atoms with E-state index in [0.29, 0.717) is 18.9 Å². The first-order valence-corrected chi connectivity index (χ1v) is 7.42. The minimum absolute atomic E-state index is 0.254. The van der Waals surface area contributed by atoms with Crippen molar-refractivity contribution in [1.29, 1.82) is 0 Å². The molecule has 0 spiro atoms. The van der Waals surface area contributed by atoms with Gasteiger partial charge in [-0.25, -0.2) is 13.1 Å². The fourth-order valence-corrected chi connectivity index (χ4v) is 2.41. The van der Waals surface area contributed by atoms with Gasteiger partial charge in [-0.05, 0) is 30.7 Å². The van der Waals surface area contributed by atoms with Crippen molar-refractivity contribution < 1.29 is 13.2 Å². The lowest BCUT2D eigenvalue weighted by atomic mass is 10.3. The molecule has 0 aliphatic rings. The molecule has 5 heteroatoms. The normalized spacial score (nSPS) is 11.2. The molecule has 0 aromatic heterocycles. The first-order chi connectivity index (χ1) is 8.60. The first kappa shape index (κ1) is 14.7. The standard InChI is InChI=1S/C13H19NO3S/c1-3-5-10-14-18(15,16)13-8-6-12(7-9-13)17-11-4-2/h4,6-9,14H,2-3,5,10-11H2,1H3. The van der Waals surface area contributed by atoms with Gasteiger partial charge in [-0.15, -0.1) is 0 Å². The van der Waals surface area contributed by atoms with E-state index in [1.54, 1.807) is 18.2 Å². The van der Waals surface area contributed by atoms with Gasteiger partial charge in [-0.2, -0.15) is 0 Å². The Kier molecular flexibility index (Phi) is 5.88. The van der Waals surface area contributed by atoms with E-state index in [0.717, 1.165) is 12.8 Å². The molecule has 1 aromatic rings. The van der Waals surface area contributed by atoms with Crippen molar-refractivity contribution in [2.24, 2.45) is 0 Å². The molecule has 0 fully saturated rings. The molecule has 0 unspecified atom stereocenters. The van der Waals surface area contributed by atoms with Crippen molar-refractivity contribution in [2.75, 3.05) is 13.2 Å². The van der Waals surface area contributed by atoms with Crippen LogP contribution in [0.15, 0.2) is 41.8 Å². The van der Waals surface area contributed by atoms with Crippen LogP contribution >= 0.6 is 0 Å². The molecule has 0 atom stereocenters. The highest BCUT2D eigenvalue weighted by molar-refractivity contribution is 7.89. The van der Waals surface area contributed by atoms with Crippen molar-refractivity contribution in [3.05, 3.63) is 36.9 Å². The Hall–Kier alpha value is -1.33. The third-order valence-corrected chi connectivity index (χ3v) is 3.80. The molecule has 1 N–H and O–H groups in total. The molecule has 0 aliphatic carbocycles. The molecule has 4 nitrogen and oxygen atoms in total. The summed E-state index contributed by atoms with van der Waals surface area (Å²) in [6.45, 7) is 6.43. The summed E-state index contributed by atoms with van der Waals surface area (Å²) < 4.78 is 31.6. The van der Waals surface area contributed by atoms with Gasteiger partial charge < -0.3 is 4.74 Å². The minimum atomic E-state index is -3.40. The van der Waals surface area contributed by atoms with Crippen LogP contribution in [0.4, 0.5) is 0 Å². The fraction of sp³-hybridized carbons (Fsp3) is 0.385. The first-order valence-electron chi connectivity index (χ1n) is 5.93. The van der Waals surface area contributed by atoms with E-state index in [-0.39, 0.29) is 4.90 Å². The largest absolute Gasteiger partial charge is 0.490 e. The average Bonchev–Trinajstić information content (AvgIpc) is 2.37. The number of hydrogen-bond donors (Lipinski definition) is 1. The van der Waals surface area contributed by atoms with Gasteiger partial charge in [0.05, 0.1) is 4.90 Å². The van der Waals surface area contributed by atoms with Crippen LogP contribution in [0, 0.1) is 0 Å². The topological polar surface area (TPSA) is 55.4 Å². The third kappa shape index (κ3) is 4.50. The molecule has 1 aromatic carbocycles. The summed E-state index contributed by atoms with van der Waals surface area (Å²) >= 11 is 0. The van der Waals surface area contributed by atoms with Gasteiger partial charge in [0, 0.05) is 6.54 Å². The SMILES string of the molecule is C=CCOc1ccc(S(=O)(=O)NCCCC)cc1. The lowest BCUT2D eigenvalue weighted by Crippen LogP contribution is -2.24. The van der Waals surface area contributed by atoms with Gasteiger partial charge in [-0.1, -0.05) is 26.0 Å². The van der Waals surface area contributed by atoms with Crippen LogP contribution in [0.25, 0.3) is 0 Å². The van der Waals surface area contributed by atoms with E-state index in [2.05, 4.69) is 11.3 Å². The summed E-state index contributed by atoms with van der Waals surface area (Å²) in [6, 6.07) is 6.34. The van der Waals surface area contributed by atoms with E-state index in [4.69, 9.17) is 4.74 Å². The summed E-state index contributed by atoms with van der Waals surface area (Å²) in [7, 11) is -3.40. The van der Waals surface area contributed by atoms with Crippen molar-refractivity contribution in [2.45, 2.75) is 24.7 Å². The quantitative estimate of drug-likeness (QED) is 0.582. The van der Waals surface area contributed by atoms with Crippen LogP contribution in [-0.4, -0.2) is 21.6 Å². The molecule has 18 heavy (non-hydrogen) atoms. The van der Waals surface area contributed by atoms with Gasteiger partial charge in [0.25, 0.3) is 0 Å². The highest BCUT2D eigenvalue weighted by Gasteiger charge is 2.12. The van der Waals surface area contributed by atoms with E-state index >= 15 is 0 Å². The van der Waals surface area contributed by atoms with Crippen molar-refractivity contribution >= 4 is 10.0 Å². The highest BCUT2D eigenvalue weighted by Crippen LogP contribution is 2.15. The van der Waals surface area contributed by atoms with Gasteiger partial charge in [0.1, 0.15) is 12.4 Å². The Morgan fingerprint density at radius 3 is 2.56 bits per heavy atom. The molecular weight excluding hydrogens is 250 g/mol. The molecule has 1 rings (SSSR count). The number of sulfonamides is 1. The Morgan fingerprint density at radius 1 is 1.33 bits per heavy atom. The predicted octanol–water partition coefficient (Wildman–Crippen LogP) is 2.33. The number of ether oxygens (including phenoxy) is 1. The van der Waals surface area contributed by atoms with E-state index in [1.165, 1.54) is 12.1 Å². The van der Waals surface area contributed by atoms with E-state index in [1.807, 2.05) is 6.92 Å². The summed E-state index contributed by atoms with van der Waals surface area (Å²) in [6.07, 6.45) is 3.42. The Labute approximate surface area is 109 Å². The van der Waals surface area contributed by atoms with Crippen LogP contribution in [0.5, 0.6) is 5.75 Å². The Bertz CT molecular complexity index is 466. The monoisotopic (exact) mass is 269 g/mol. The highest BCUT2D eigenvalue weighted by atomic mass is 32.2. The maximum Gasteiger partial charge on any atom is 0.240 e. The van der Waals surface area contributed by atoms with Crippen LogP contribution in [-0.2, 0) is 10.0 Å². The fourth-order valence-electron chi connectivity index (χ4n) is 1.34. The molecule has 0 saturated carbocycles. The van der Waals surface area contributed by atoms with Gasteiger partial charge in [0.15, 0.2) is 0 Å². The van der Waals surface area contributed by atoms with Crippen molar-refractivity contribution in [3.8, 4) is 5.75 Å². The molecule has 0 aliphatic heterocycles. The Balaban J connectivity index is 2.68. The van der Waals surface area contributed by atoms with Crippen molar-refractivity contribution in [3.63, 3.8) is 0 Å². The summed E-state index contributed by atoms with van der Waals surface area (Å²) in [5, 5.41) is 0. The zero-order chi connectivity index (χ0) is 13.4. The lowest BCUT2D eigenvalue weighted by Gasteiger charge is -2.07. The van der Waals surface area contributed by atoms with E-state index < -0.39 is 10.0 Å². The molecule has 0 amide bonds. The van der Waals surface area contributed by atoms with E-state index in [9.17, 15) is 8.42 Å². The summed E-state index contributed by atoms with van der Waals surface area (Å²) in [5.74, 6) is 0.627. The summed E-state index contributed by atoms with van der Waals surface area (Å²) in [4.78, 5) is 0.254. The maximum atomic E-state index is 11.9. The average molecular weight is 269 g/mol. The number of rotatable bonds is 8. The van der Waals surface area contributed by atoms with Gasteiger partial charge in [0.2, 0.25) is 10.0 Å². The molecule has 100 valence electrons. The van der Waals surface area contributed by atoms with Gasteiger partial charge >= 0.3 is 0 Å². The molecular formula is C13H19NO3S. The number of hydrogen-bond acceptors (Lipinski definition) is 3. The molecule has 0 radical (unpaired) electrons. The zero-order valence-electron chi connectivity index (χ0n) is 10.6. The summed E-state index contributed by atoms with van der Waals surface area (Å²) in [5.41, 5.74) is 0. The van der Waals surface area contributed by atoms with Crippen molar-refractivity contribution in [1.82, 2.24) is 4.72 Å². The lowest BCUT2D eigenvalue weighted by molar-refractivity contribution is 0.363. The number of nitrogens with one attached hydrogen (secondary N) is 1. The second-order valence-corrected chi connectivity index (χ2v) is 5.59. The Morgan fingerprint density at radius 2 is 2.00 bits per heavy atom. The molecule has 0 bridgehead atoms. The second-order valence-electron chi connectivity index (χ2n) is 3.82. The number of unbranched alkanes of at least 4 members (excludes halogenated alkanes) is 1. The second kappa shape index (κ2) is 7.18. The number of benzene rings is 1. The van der Waals surface area contributed by atoms with Crippen LogP contribution < -0.4 is 9.46 Å². The predicted molar refractivity (Wildman–Crippen MR) is 72.2 cm³/mol. The maximum absolute atomic E-state index is 11.9. The zero-order valence-corrected chi connectivity index (χ0v) is 11.4. The van der Waals surface area contributed by atoms with Crippen LogP contribution in [0.3, 0.4) is 0 Å². The molecule has 0 heterocycles. The smallest absolute Gasteiger partial charge is 0.240 e. The third-order valence-electron chi connectivity index (χ3n) is 2.32. The van der Waals surface area contributed by atoms with Crippen LogP contribution in [0.2, 0.25) is 0 Å². The minimum Gasteiger partial charge on any atom is -0.490 e. The van der Waals surface area contributed by atoms with Gasteiger partial charge in [-0.3, -0.25) is 0 Å².